The molecule has 4 nitrogen and oxygen atoms in total. The second-order valence-electron chi connectivity index (χ2n) is 11.2. The number of aliphatic imine (C=N–C) groups is 1. The van der Waals surface area contributed by atoms with E-state index in [0.717, 1.165) is 83.2 Å². The summed E-state index contributed by atoms with van der Waals surface area (Å²) in [7, 11) is 0. The van der Waals surface area contributed by atoms with Gasteiger partial charge in [0, 0.05) is 55.2 Å². The van der Waals surface area contributed by atoms with Gasteiger partial charge in [0.15, 0.2) is 5.78 Å². The van der Waals surface area contributed by atoms with Crippen molar-refractivity contribution in [3.8, 4) is 0 Å². The van der Waals surface area contributed by atoms with E-state index in [4.69, 9.17) is 4.74 Å². The van der Waals surface area contributed by atoms with Crippen LogP contribution in [0.4, 0.5) is 0 Å². The van der Waals surface area contributed by atoms with E-state index in [0.29, 0.717) is 11.7 Å². The first kappa shape index (κ1) is 25.1. The predicted molar refractivity (Wildman–Crippen MR) is 155 cm³/mol. The first-order valence-electron chi connectivity index (χ1n) is 14.4. The van der Waals surface area contributed by atoms with Gasteiger partial charge in [-0.15, -0.1) is 0 Å². The summed E-state index contributed by atoms with van der Waals surface area (Å²) in [4.78, 5) is 19.6. The Morgan fingerprint density at radius 3 is 2.76 bits per heavy atom. The molecule has 2 fully saturated rings. The van der Waals surface area contributed by atoms with Crippen molar-refractivity contribution in [3.63, 3.8) is 0 Å². The highest BCUT2D eigenvalue weighted by Gasteiger charge is 2.32. The predicted octanol–water partition coefficient (Wildman–Crippen LogP) is 7.09. The molecule has 3 aliphatic heterocycles. The topological polar surface area (TPSA) is 41.9 Å². The summed E-state index contributed by atoms with van der Waals surface area (Å²) in [6, 6.07) is 9.01. The summed E-state index contributed by atoms with van der Waals surface area (Å²) in [6.45, 7) is 7.78. The molecule has 3 heterocycles. The van der Waals surface area contributed by atoms with Crippen molar-refractivity contribution in [1.82, 2.24) is 4.90 Å². The van der Waals surface area contributed by atoms with Crippen LogP contribution in [0.2, 0.25) is 0 Å². The van der Waals surface area contributed by atoms with E-state index in [1.165, 1.54) is 39.1 Å². The van der Waals surface area contributed by atoms with Gasteiger partial charge >= 0.3 is 0 Å². The van der Waals surface area contributed by atoms with Crippen molar-refractivity contribution >= 4 is 17.6 Å². The monoisotopic (exact) mass is 506 g/mol. The number of ketones is 1. The second kappa shape index (κ2) is 11.2. The Bertz CT molecular complexity index is 1280. The van der Waals surface area contributed by atoms with E-state index in [9.17, 15) is 4.79 Å². The number of fused-ring (bicyclic) bond motifs is 1. The summed E-state index contributed by atoms with van der Waals surface area (Å²) >= 11 is 0. The lowest BCUT2D eigenvalue weighted by molar-refractivity contribution is -0.116. The van der Waals surface area contributed by atoms with Crippen molar-refractivity contribution in [2.75, 3.05) is 26.3 Å². The fourth-order valence-electron chi connectivity index (χ4n) is 6.09. The van der Waals surface area contributed by atoms with Crippen LogP contribution in [0.5, 0.6) is 0 Å². The van der Waals surface area contributed by atoms with Crippen LogP contribution in [0, 0.1) is 5.92 Å². The van der Waals surface area contributed by atoms with Gasteiger partial charge in [0.25, 0.3) is 0 Å². The van der Waals surface area contributed by atoms with Gasteiger partial charge in [-0.2, -0.15) is 0 Å². The standard InChI is InChI=1S/C34H38N2O2/c1-24-5-4-20-38-23-32(24)26-10-8-25(9-11-26)29-14-15-30-22-35-17-16-33(31(30)21-29)36-18-2-6-27(7-3-19-36)34(37)28-12-13-28/h6,8-11,14,16-17,21-22,28,32H,1-5,7,12-13,15,18-20,23H2/b27-6-. The Balaban J connectivity index is 1.21. The maximum Gasteiger partial charge on any atom is 0.161 e. The summed E-state index contributed by atoms with van der Waals surface area (Å²) in [5.74, 6) is 1.02. The smallest absolute Gasteiger partial charge is 0.161 e. The average molecular weight is 507 g/mol. The number of benzene rings is 1. The van der Waals surface area contributed by atoms with Crippen molar-refractivity contribution in [3.05, 3.63) is 100 Å². The number of rotatable bonds is 5. The Labute approximate surface area is 226 Å². The summed E-state index contributed by atoms with van der Waals surface area (Å²) in [5, 5.41) is 0. The summed E-state index contributed by atoms with van der Waals surface area (Å²) in [6.07, 6.45) is 20.9. The first-order valence-corrected chi connectivity index (χ1v) is 14.4. The number of hydrogen-bond acceptors (Lipinski definition) is 4. The Hall–Kier alpha value is -3.24. The molecule has 0 spiro atoms. The number of allylic oxidation sites excluding steroid dienone is 6. The van der Waals surface area contributed by atoms with Gasteiger partial charge in [-0.3, -0.25) is 9.79 Å². The molecule has 0 bridgehead atoms. The molecule has 6 rings (SSSR count). The van der Waals surface area contributed by atoms with Gasteiger partial charge in [0.2, 0.25) is 0 Å². The highest BCUT2D eigenvalue weighted by molar-refractivity contribution is 5.98. The Kier molecular flexibility index (Phi) is 7.42. The molecule has 2 aliphatic carbocycles. The molecule has 1 unspecified atom stereocenters. The van der Waals surface area contributed by atoms with E-state index in [2.05, 4.69) is 65.0 Å². The van der Waals surface area contributed by atoms with Crippen LogP contribution in [0.15, 0.2) is 94.3 Å². The van der Waals surface area contributed by atoms with E-state index in [-0.39, 0.29) is 5.92 Å². The van der Waals surface area contributed by atoms with Crippen LogP contribution in [0.1, 0.15) is 68.4 Å². The van der Waals surface area contributed by atoms with E-state index >= 15 is 0 Å². The molecule has 1 aromatic carbocycles. The molecular formula is C34H38N2O2. The molecule has 1 saturated heterocycles. The molecule has 1 atom stereocenters. The molecule has 5 aliphatic rings. The van der Waals surface area contributed by atoms with Crippen molar-refractivity contribution in [2.45, 2.75) is 57.3 Å². The molecule has 1 saturated carbocycles. The highest BCUT2D eigenvalue weighted by Crippen LogP contribution is 2.38. The molecule has 1 aromatic rings. The second-order valence-corrected chi connectivity index (χ2v) is 11.2. The van der Waals surface area contributed by atoms with Crippen molar-refractivity contribution < 1.29 is 9.53 Å². The minimum atomic E-state index is 0.287. The van der Waals surface area contributed by atoms with Crippen LogP contribution in [-0.2, 0) is 9.53 Å². The zero-order valence-corrected chi connectivity index (χ0v) is 22.3. The van der Waals surface area contributed by atoms with Crippen LogP contribution >= 0.6 is 0 Å². The Morgan fingerprint density at radius 2 is 1.92 bits per heavy atom. The fourth-order valence-corrected chi connectivity index (χ4v) is 6.09. The molecule has 196 valence electrons. The molecule has 38 heavy (non-hydrogen) atoms. The molecule has 0 amide bonds. The van der Waals surface area contributed by atoms with Gasteiger partial charge in [0.05, 0.1) is 6.61 Å². The summed E-state index contributed by atoms with van der Waals surface area (Å²) in [5.41, 5.74) is 9.94. The lowest BCUT2D eigenvalue weighted by Gasteiger charge is -2.31. The third kappa shape index (κ3) is 5.47. The van der Waals surface area contributed by atoms with Gasteiger partial charge in [-0.1, -0.05) is 48.6 Å². The van der Waals surface area contributed by atoms with E-state index < -0.39 is 0 Å². The lowest BCUT2D eigenvalue weighted by Crippen LogP contribution is -2.28. The van der Waals surface area contributed by atoms with Crippen LogP contribution in [0.3, 0.4) is 0 Å². The minimum absolute atomic E-state index is 0.287. The minimum Gasteiger partial charge on any atom is -0.380 e. The SMILES string of the molecule is C=C1CCCOCC1c1ccc(C2=CCC3=CN=CC=C(N4CC/C=C(\C(=O)C5CC5)CCC4)C3=C2)cc1. The van der Waals surface area contributed by atoms with Gasteiger partial charge in [0.1, 0.15) is 0 Å². The van der Waals surface area contributed by atoms with Crippen molar-refractivity contribution in [1.29, 1.82) is 0 Å². The molecule has 0 N–H and O–H groups in total. The van der Waals surface area contributed by atoms with Crippen LogP contribution < -0.4 is 0 Å². The maximum atomic E-state index is 12.6. The lowest BCUT2D eigenvalue weighted by atomic mass is 9.86. The number of carbonyl (C=O) groups is 1. The zero-order chi connectivity index (χ0) is 25.9. The van der Waals surface area contributed by atoms with Gasteiger partial charge in [-0.05, 0) is 91.4 Å². The van der Waals surface area contributed by atoms with Gasteiger partial charge in [-0.25, -0.2) is 0 Å². The third-order valence-corrected chi connectivity index (χ3v) is 8.49. The van der Waals surface area contributed by atoms with Gasteiger partial charge < -0.3 is 9.64 Å². The number of carbonyl (C=O) groups excluding carboxylic acids is 1. The molecule has 0 radical (unpaired) electrons. The number of ether oxygens (including phenoxy) is 1. The van der Waals surface area contributed by atoms with E-state index in [1.54, 1.807) is 0 Å². The van der Waals surface area contributed by atoms with Crippen molar-refractivity contribution in [2.24, 2.45) is 10.9 Å². The van der Waals surface area contributed by atoms with Crippen LogP contribution in [0.25, 0.3) is 5.57 Å². The van der Waals surface area contributed by atoms with E-state index in [1.807, 2.05) is 12.4 Å². The normalized spacial score (nSPS) is 25.8. The number of Topliss-reactive ketones (excluding diaryl/α,β-unsaturated/α-hetero) is 1. The third-order valence-electron chi connectivity index (χ3n) is 8.49. The fraction of sp³-hybridized carbons (Fsp3) is 0.412. The molecule has 0 aromatic heterocycles. The Morgan fingerprint density at radius 1 is 1.05 bits per heavy atom. The molecular weight excluding hydrogens is 468 g/mol. The number of nitrogens with zero attached hydrogens (tertiary/aromatic N) is 2. The van der Waals surface area contributed by atoms with Crippen LogP contribution in [-0.4, -0.2) is 43.2 Å². The zero-order valence-electron chi connectivity index (χ0n) is 22.3. The molecule has 4 heteroatoms. The quantitative estimate of drug-likeness (QED) is 0.400. The maximum absolute atomic E-state index is 12.6. The number of hydrogen-bond donors (Lipinski definition) is 0. The summed E-state index contributed by atoms with van der Waals surface area (Å²) < 4.78 is 5.84. The largest absolute Gasteiger partial charge is 0.380 e. The first-order chi connectivity index (χ1) is 18.7. The average Bonchev–Trinajstić information content (AvgIpc) is 3.78. The highest BCUT2D eigenvalue weighted by atomic mass is 16.5.